The molecule has 0 spiro atoms. The van der Waals surface area contributed by atoms with Crippen molar-refractivity contribution in [2.75, 3.05) is 14.1 Å². The molecule has 0 saturated heterocycles. The van der Waals surface area contributed by atoms with Crippen molar-refractivity contribution in [3.05, 3.63) is 65.4 Å². The Kier molecular flexibility index (Phi) is 5.59. The van der Waals surface area contributed by atoms with Gasteiger partial charge in [0.2, 0.25) is 15.8 Å². The van der Waals surface area contributed by atoms with Crippen LogP contribution in [0.4, 0.5) is 0 Å². The number of carbonyl (C=O) groups excluding carboxylic acids is 2. The minimum Gasteiger partial charge on any atom is -0.451 e. The van der Waals surface area contributed by atoms with Crippen LogP contribution in [-0.4, -0.2) is 49.7 Å². The SMILES string of the molecule is Cc1[nH]c2ccccc2c1C(=O)[C@H](C)OC(=O)c1ccc(S(=O)(=O)N(C)C)cc1. The number of hydrogen-bond acceptors (Lipinski definition) is 5. The lowest BCUT2D eigenvalue weighted by Gasteiger charge is -2.14. The number of sulfonamides is 1. The number of nitrogens with zero attached hydrogens (tertiary/aromatic N) is 1. The summed E-state index contributed by atoms with van der Waals surface area (Å²) in [5, 5.41) is 0.774. The second kappa shape index (κ2) is 7.81. The Hall–Kier alpha value is -2.97. The van der Waals surface area contributed by atoms with Gasteiger partial charge in [-0.15, -0.1) is 0 Å². The molecule has 0 saturated carbocycles. The van der Waals surface area contributed by atoms with Crippen LogP contribution in [0.1, 0.15) is 33.3 Å². The predicted molar refractivity (Wildman–Crippen MR) is 110 cm³/mol. The number of fused-ring (bicyclic) bond motifs is 1. The molecular formula is C21H22N2O5S. The molecule has 152 valence electrons. The number of aromatic amines is 1. The average molecular weight is 414 g/mol. The van der Waals surface area contributed by atoms with Crippen molar-refractivity contribution in [3.8, 4) is 0 Å². The molecule has 0 unspecified atom stereocenters. The highest BCUT2D eigenvalue weighted by Crippen LogP contribution is 2.24. The molecule has 3 rings (SSSR count). The van der Waals surface area contributed by atoms with Gasteiger partial charge in [-0.2, -0.15) is 0 Å². The lowest BCUT2D eigenvalue weighted by molar-refractivity contribution is 0.0319. The van der Waals surface area contributed by atoms with E-state index in [9.17, 15) is 18.0 Å². The Bertz CT molecular complexity index is 1180. The van der Waals surface area contributed by atoms with E-state index in [2.05, 4.69) is 4.98 Å². The van der Waals surface area contributed by atoms with Gasteiger partial charge in [-0.25, -0.2) is 17.5 Å². The standard InChI is InChI=1S/C21H22N2O5S/c1-13-19(17-7-5-6-8-18(17)22-13)20(24)14(2)28-21(25)15-9-11-16(12-10-15)29(26,27)23(3)4/h5-12,14,22H,1-4H3/t14-/m0/s1. The van der Waals surface area contributed by atoms with Gasteiger partial charge in [0.15, 0.2) is 6.10 Å². The largest absolute Gasteiger partial charge is 0.451 e. The predicted octanol–water partition coefficient (Wildman–Crippen LogP) is 3.15. The number of Topliss-reactive ketones (excluding diaryl/α,β-unsaturated/α-hetero) is 1. The second-order valence-electron chi connectivity index (χ2n) is 6.89. The first kappa shape index (κ1) is 20.8. The van der Waals surface area contributed by atoms with Crippen LogP contribution in [0.25, 0.3) is 10.9 Å². The van der Waals surface area contributed by atoms with Crippen LogP contribution in [0.3, 0.4) is 0 Å². The summed E-state index contributed by atoms with van der Waals surface area (Å²) in [4.78, 5) is 28.5. The van der Waals surface area contributed by atoms with E-state index in [1.54, 1.807) is 6.92 Å². The van der Waals surface area contributed by atoms with Gasteiger partial charge in [0.25, 0.3) is 0 Å². The van der Waals surface area contributed by atoms with E-state index in [0.29, 0.717) is 11.3 Å². The van der Waals surface area contributed by atoms with Crippen molar-refractivity contribution in [2.24, 2.45) is 0 Å². The van der Waals surface area contributed by atoms with Gasteiger partial charge in [0.05, 0.1) is 10.5 Å². The summed E-state index contributed by atoms with van der Waals surface area (Å²) < 4.78 is 30.6. The van der Waals surface area contributed by atoms with Gasteiger partial charge >= 0.3 is 5.97 Å². The summed E-state index contributed by atoms with van der Waals surface area (Å²) in [7, 11) is -0.731. The Labute approximate surface area is 169 Å². The van der Waals surface area contributed by atoms with Crippen molar-refractivity contribution in [1.82, 2.24) is 9.29 Å². The molecule has 0 bridgehead atoms. The topological polar surface area (TPSA) is 96.5 Å². The van der Waals surface area contributed by atoms with E-state index in [0.717, 1.165) is 15.2 Å². The summed E-state index contributed by atoms with van der Waals surface area (Å²) in [5.41, 5.74) is 2.20. The van der Waals surface area contributed by atoms with Gasteiger partial charge in [-0.1, -0.05) is 18.2 Å². The minimum absolute atomic E-state index is 0.0672. The third-order valence-electron chi connectivity index (χ3n) is 4.66. The fraction of sp³-hybridized carbons (Fsp3) is 0.238. The van der Waals surface area contributed by atoms with E-state index < -0.39 is 22.1 Å². The lowest BCUT2D eigenvalue weighted by atomic mass is 10.0. The minimum atomic E-state index is -3.59. The van der Waals surface area contributed by atoms with Crippen LogP contribution in [0.15, 0.2) is 53.4 Å². The fourth-order valence-electron chi connectivity index (χ4n) is 3.05. The third kappa shape index (κ3) is 3.94. The summed E-state index contributed by atoms with van der Waals surface area (Å²) >= 11 is 0. The molecule has 0 fully saturated rings. The number of ether oxygens (including phenoxy) is 1. The molecule has 1 N–H and O–H groups in total. The fourth-order valence-corrected chi connectivity index (χ4v) is 3.96. The number of para-hydroxylation sites is 1. The molecule has 1 aromatic heterocycles. The van der Waals surface area contributed by atoms with Gasteiger partial charge in [-0.05, 0) is 44.2 Å². The number of rotatable bonds is 6. The van der Waals surface area contributed by atoms with Crippen LogP contribution in [0, 0.1) is 6.92 Å². The molecule has 0 aliphatic heterocycles. The number of hydrogen-bond donors (Lipinski definition) is 1. The first-order chi connectivity index (χ1) is 13.6. The lowest BCUT2D eigenvalue weighted by Crippen LogP contribution is -2.25. The number of carbonyl (C=O) groups is 2. The number of H-pyrrole nitrogens is 1. The molecule has 3 aromatic rings. The zero-order valence-corrected chi connectivity index (χ0v) is 17.4. The first-order valence-electron chi connectivity index (χ1n) is 8.98. The smallest absolute Gasteiger partial charge is 0.338 e. The van der Waals surface area contributed by atoms with Crippen molar-refractivity contribution >= 4 is 32.7 Å². The number of esters is 1. The zero-order chi connectivity index (χ0) is 21.3. The Morgan fingerprint density at radius 1 is 1.03 bits per heavy atom. The number of aryl methyl sites for hydroxylation is 1. The molecular weight excluding hydrogens is 392 g/mol. The summed E-state index contributed by atoms with van der Waals surface area (Å²) in [6.45, 7) is 3.32. The van der Waals surface area contributed by atoms with Crippen LogP contribution in [-0.2, 0) is 14.8 Å². The van der Waals surface area contributed by atoms with E-state index in [1.165, 1.54) is 45.3 Å². The second-order valence-corrected chi connectivity index (χ2v) is 9.05. The third-order valence-corrected chi connectivity index (χ3v) is 6.49. The van der Waals surface area contributed by atoms with Crippen molar-refractivity contribution in [2.45, 2.75) is 24.8 Å². The van der Waals surface area contributed by atoms with E-state index in [-0.39, 0.29) is 16.2 Å². The number of benzene rings is 2. The number of nitrogens with one attached hydrogen (secondary N) is 1. The summed E-state index contributed by atoms with van der Waals surface area (Å²) in [6, 6.07) is 12.8. The van der Waals surface area contributed by atoms with E-state index >= 15 is 0 Å². The Morgan fingerprint density at radius 2 is 1.66 bits per heavy atom. The molecule has 0 amide bonds. The van der Waals surface area contributed by atoms with Crippen molar-refractivity contribution in [1.29, 1.82) is 0 Å². The van der Waals surface area contributed by atoms with E-state index in [1.807, 2.05) is 24.3 Å². The van der Waals surface area contributed by atoms with Gasteiger partial charge in [0, 0.05) is 36.3 Å². The molecule has 8 heteroatoms. The molecule has 1 atom stereocenters. The molecule has 0 radical (unpaired) electrons. The molecule has 7 nitrogen and oxygen atoms in total. The van der Waals surface area contributed by atoms with Crippen LogP contribution >= 0.6 is 0 Å². The number of aromatic nitrogens is 1. The van der Waals surface area contributed by atoms with Crippen molar-refractivity contribution in [3.63, 3.8) is 0 Å². The summed E-state index contributed by atoms with van der Waals surface area (Å²) in [5.74, 6) is -1.00. The van der Waals surface area contributed by atoms with Gasteiger partial charge in [-0.3, -0.25) is 4.79 Å². The molecule has 0 aliphatic carbocycles. The maximum absolute atomic E-state index is 12.9. The molecule has 1 heterocycles. The average Bonchev–Trinajstić information content (AvgIpc) is 3.02. The van der Waals surface area contributed by atoms with Gasteiger partial charge in [0.1, 0.15) is 0 Å². The maximum Gasteiger partial charge on any atom is 0.338 e. The normalized spacial score (nSPS) is 12.9. The number of ketones is 1. The molecule has 2 aromatic carbocycles. The Balaban J connectivity index is 1.78. The highest BCUT2D eigenvalue weighted by atomic mass is 32.2. The highest BCUT2D eigenvalue weighted by molar-refractivity contribution is 7.89. The first-order valence-corrected chi connectivity index (χ1v) is 10.4. The molecule has 29 heavy (non-hydrogen) atoms. The molecule has 0 aliphatic rings. The summed E-state index contributed by atoms with van der Waals surface area (Å²) in [6.07, 6.45) is -0.995. The van der Waals surface area contributed by atoms with Gasteiger partial charge < -0.3 is 9.72 Å². The van der Waals surface area contributed by atoms with E-state index in [4.69, 9.17) is 4.74 Å². The van der Waals surface area contributed by atoms with Crippen molar-refractivity contribution < 1.29 is 22.7 Å². The Morgan fingerprint density at radius 3 is 2.28 bits per heavy atom. The highest BCUT2D eigenvalue weighted by Gasteiger charge is 2.25. The monoisotopic (exact) mass is 414 g/mol. The zero-order valence-electron chi connectivity index (χ0n) is 16.6. The maximum atomic E-state index is 12.9. The quantitative estimate of drug-likeness (QED) is 0.494. The van der Waals surface area contributed by atoms with Crippen LogP contribution < -0.4 is 0 Å². The van der Waals surface area contributed by atoms with Crippen LogP contribution in [0.5, 0.6) is 0 Å². The van der Waals surface area contributed by atoms with Crippen LogP contribution in [0.2, 0.25) is 0 Å².